The van der Waals surface area contributed by atoms with Gasteiger partial charge in [0.15, 0.2) is 6.61 Å². The third kappa shape index (κ3) is 4.65. The summed E-state index contributed by atoms with van der Waals surface area (Å²) >= 11 is 12.0. The summed E-state index contributed by atoms with van der Waals surface area (Å²) in [5, 5.41) is 10.3. The molecule has 2 rings (SSSR count). The number of rotatable bonds is 5. The molecule has 25 heavy (non-hydrogen) atoms. The van der Waals surface area contributed by atoms with Crippen molar-refractivity contribution in [2.45, 2.75) is 44.1 Å². The fraction of sp³-hybridized carbons (Fsp3) is 0.500. The lowest BCUT2D eigenvalue weighted by atomic mass is 9.81. The second-order valence-electron chi connectivity index (χ2n) is 6.19. The van der Waals surface area contributed by atoms with Crippen molar-refractivity contribution < 1.29 is 14.3 Å². The first kappa shape index (κ1) is 19.6. The van der Waals surface area contributed by atoms with Crippen LogP contribution in [-0.2, 0) is 20.7 Å². The summed E-state index contributed by atoms with van der Waals surface area (Å²) < 4.78 is 5.06. The predicted octanol–water partition coefficient (Wildman–Crippen LogP) is 3.76. The maximum atomic E-state index is 12.3. The molecule has 134 valence electrons. The van der Waals surface area contributed by atoms with Crippen LogP contribution >= 0.6 is 23.2 Å². The summed E-state index contributed by atoms with van der Waals surface area (Å²) in [7, 11) is 1.59. The molecule has 0 atom stereocenters. The van der Waals surface area contributed by atoms with Gasteiger partial charge in [0.2, 0.25) is 0 Å². The van der Waals surface area contributed by atoms with Crippen LogP contribution in [0.3, 0.4) is 0 Å². The van der Waals surface area contributed by atoms with Gasteiger partial charge in [-0.05, 0) is 25.0 Å². The van der Waals surface area contributed by atoms with Gasteiger partial charge in [-0.15, -0.1) is 0 Å². The fourth-order valence-electron chi connectivity index (χ4n) is 3.03. The smallest absolute Gasteiger partial charge is 0.310 e. The minimum absolute atomic E-state index is 0.112. The largest absolute Gasteiger partial charge is 0.455 e. The molecule has 1 saturated carbocycles. The highest BCUT2D eigenvalue weighted by Gasteiger charge is 2.38. The van der Waals surface area contributed by atoms with Gasteiger partial charge in [0, 0.05) is 22.7 Å². The number of esters is 1. The van der Waals surface area contributed by atoms with E-state index >= 15 is 0 Å². The van der Waals surface area contributed by atoms with Gasteiger partial charge in [-0.2, -0.15) is 5.26 Å². The zero-order valence-electron chi connectivity index (χ0n) is 14.1. The summed E-state index contributed by atoms with van der Waals surface area (Å²) in [6.07, 6.45) is 4.08. The Bertz CT molecular complexity index is 674. The quantitative estimate of drug-likeness (QED) is 0.726. The average Bonchev–Trinajstić information content (AvgIpc) is 2.62. The fourth-order valence-corrected chi connectivity index (χ4v) is 3.56. The molecular formula is C18H20Cl2N2O3. The lowest BCUT2D eigenvalue weighted by Crippen LogP contribution is -2.51. The monoisotopic (exact) mass is 382 g/mol. The zero-order chi connectivity index (χ0) is 18.4. The summed E-state index contributed by atoms with van der Waals surface area (Å²) in [5.74, 6) is -0.978. The Morgan fingerprint density at radius 2 is 1.84 bits per heavy atom. The van der Waals surface area contributed by atoms with Gasteiger partial charge in [-0.3, -0.25) is 9.59 Å². The van der Waals surface area contributed by atoms with Crippen LogP contribution < -0.4 is 0 Å². The number of likely N-dealkylation sites (N-methyl/N-ethyl adjacent to an activating group) is 1. The number of benzene rings is 1. The van der Waals surface area contributed by atoms with Crippen molar-refractivity contribution in [3.63, 3.8) is 0 Å². The minimum atomic E-state index is -0.798. The van der Waals surface area contributed by atoms with E-state index in [1.807, 2.05) is 0 Å². The van der Waals surface area contributed by atoms with Crippen LogP contribution in [0.4, 0.5) is 0 Å². The second-order valence-corrected chi connectivity index (χ2v) is 7.01. The van der Waals surface area contributed by atoms with Gasteiger partial charge in [-0.1, -0.05) is 48.5 Å². The predicted molar refractivity (Wildman–Crippen MR) is 95.3 cm³/mol. The van der Waals surface area contributed by atoms with Crippen molar-refractivity contribution in [1.29, 1.82) is 5.26 Å². The Kier molecular flexibility index (Phi) is 6.69. The Morgan fingerprint density at radius 3 is 2.40 bits per heavy atom. The molecule has 0 bridgehead atoms. The number of amides is 1. The first-order valence-electron chi connectivity index (χ1n) is 8.16. The highest BCUT2D eigenvalue weighted by Crippen LogP contribution is 2.32. The average molecular weight is 383 g/mol. The van der Waals surface area contributed by atoms with Gasteiger partial charge in [0.1, 0.15) is 5.54 Å². The van der Waals surface area contributed by atoms with Crippen molar-refractivity contribution in [2.75, 3.05) is 13.7 Å². The summed E-state index contributed by atoms with van der Waals surface area (Å²) in [6.45, 7) is -0.402. The molecule has 1 aliphatic rings. The van der Waals surface area contributed by atoms with Gasteiger partial charge >= 0.3 is 5.97 Å². The van der Waals surface area contributed by atoms with Crippen molar-refractivity contribution in [2.24, 2.45) is 0 Å². The molecule has 0 spiro atoms. The van der Waals surface area contributed by atoms with Crippen molar-refractivity contribution >= 4 is 35.1 Å². The highest BCUT2D eigenvalue weighted by atomic mass is 35.5. The third-order valence-electron chi connectivity index (χ3n) is 4.64. The molecular weight excluding hydrogens is 363 g/mol. The Morgan fingerprint density at radius 1 is 1.24 bits per heavy atom. The molecule has 0 heterocycles. The van der Waals surface area contributed by atoms with Crippen LogP contribution in [0.25, 0.3) is 0 Å². The van der Waals surface area contributed by atoms with Crippen LogP contribution in [0.2, 0.25) is 10.0 Å². The topological polar surface area (TPSA) is 70.4 Å². The van der Waals surface area contributed by atoms with Crippen molar-refractivity contribution in [3.8, 4) is 6.07 Å². The van der Waals surface area contributed by atoms with E-state index in [2.05, 4.69) is 6.07 Å². The summed E-state index contributed by atoms with van der Waals surface area (Å²) in [6, 6.07) is 7.22. The number of halogens is 2. The second kappa shape index (κ2) is 8.55. The molecule has 0 aromatic heterocycles. The van der Waals surface area contributed by atoms with Crippen LogP contribution in [0, 0.1) is 11.3 Å². The number of nitriles is 1. The Hall–Kier alpha value is -1.77. The number of hydrogen-bond donors (Lipinski definition) is 0. The van der Waals surface area contributed by atoms with Crippen LogP contribution in [-0.4, -0.2) is 36.0 Å². The van der Waals surface area contributed by atoms with E-state index in [0.717, 1.165) is 19.3 Å². The van der Waals surface area contributed by atoms with E-state index in [1.54, 1.807) is 25.2 Å². The van der Waals surface area contributed by atoms with Crippen LogP contribution in [0.15, 0.2) is 18.2 Å². The molecule has 0 saturated heterocycles. The molecule has 7 heteroatoms. The normalized spacial score (nSPS) is 15.9. The van der Waals surface area contributed by atoms with E-state index in [4.69, 9.17) is 27.9 Å². The highest BCUT2D eigenvalue weighted by molar-refractivity contribution is 6.36. The first-order valence-corrected chi connectivity index (χ1v) is 8.91. The zero-order valence-corrected chi connectivity index (χ0v) is 15.6. The maximum absolute atomic E-state index is 12.3. The lowest BCUT2D eigenvalue weighted by Gasteiger charge is -2.38. The van der Waals surface area contributed by atoms with Crippen LogP contribution in [0.1, 0.15) is 37.7 Å². The molecule has 1 aromatic carbocycles. The maximum Gasteiger partial charge on any atom is 0.310 e. The molecule has 0 N–H and O–H groups in total. The molecule has 0 unspecified atom stereocenters. The number of nitrogens with zero attached hydrogens (tertiary/aromatic N) is 2. The number of carbonyl (C=O) groups excluding carboxylic acids is 2. The SMILES string of the molecule is CN(C(=O)COC(=O)Cc1c(Cl)cccc1Cl)C1(C#N)CCCCC1. The van der Waals surface area contributed by atoms with Gasteiger partial charge in [-0.25, -0.2) is 0 Å². The lowest BCUT2D eigenvalue weighted by molar-refractivity contribution is -0.153. The number of ether oxygens (including phenoxy) is 1. The Balaban J connectivity index is 1.93. The van der Waals surface area contributed by atoms with Crippen LogP contribution in [0.5, 0.6) is 0 Å². The van der Waals surface area contributed by atoms with E-state index in [1.165, 1.54) is 4.90 Å². The third-order valence-corrected chi connectivity index (χ3v) is 5.35. The standard InChI is InChI=1S/C18H20Cl2N2O3/c1-22(18(12-21)8-3-2-4-9-18)16(23)11-25-17(24)10-13-14(19)6-5-7-15(13)20/h5-7H,2-4,8-11H2,1H3. The van der Waals surface area contributed by atoms with E-state index in [-0.39, 0.29) is 12.3 Å². The van der Waals surface area contributed by atoms with E-state index in [0.29, 0.717) is 28.5 Å². The Labute approximate surface area is 157 Å². The van der Waals surface area contributed by atoms with Gasteiger partial charge in [0.05, 0.1) is 12.5 Å². The summed E-state index contributed by atoms with van der Waals surface area (Å²) in [5.41, 5.74) is -0.328. The molecule has 5 nitrogen and oxygen atoms in total. The molecule has 1 aromatic rings. The van der Waals surface area contributed by atoms with Gasteiger partial charge in [0.25, 0.3) is 5.91 Å². The van der Waals surface area contributed by atoms with Crippen molar-refractivity contribution in [3.05, 3.63) is 33.8 Å². The summed E-state index contributed by atoms with van der Waals surface area (Å²) in [4.78, 5) is 25.8. The minimum Gasteiger partial charge on any atom is -0.455 e. The molecule has 1 aliphatic carbocycles. The van der Waals surface area contributed by atoms with E-state index < -0.39 is 18.1 Å². The molecule has 1 fully saturated rings. The number of hydrogen-bond acceptors (Lipinski definition) is 4. The number of carbonyl (C=O) groups is 2. The van der Waals surface area contributed by atoms with E-state index in [9.17, 15) is 14.9 Å². The van der Waals surface area contributed by atoms with Crippen molar-refractivity contribution in [1.82, 2.24) is 4.90 Å². The first-order chi connectivity index (χ1) is 11.9. The molecule has 1 amide bonds. The van der Waals surface area contributed by atoms with Gasteiger partial charge < -0.3 is 9.64 Å². The molecule has 0 radical (unpaired) electrons. The molecule has 0 aliphatic heterocycles.